The van der Waals surface area contributed by atoms with E-state index >= 15 is 0 Å². The number of rotatable bonds is 4. The standard InChI is InChI=1S/C15H20F3NO/c16-15(17,18)12-6-8-13(9-7-12)20-10-14(19)11-4-2-1-3-5-11/h6-9,11,14H,1-5,10,19H2. The topological polar surface area (TPSA) is 35.2 Å². The summed E-state index contributed by atoms with van der Waals surface area (Å²) < 4.78 is 42.7. The Morgan fingerprint density at radius 3 is 2.25 bits per heavy atom. The highest BCUT2D eigenvalue weighted by Gasteiger charge is 2.30. The number of nitrogens with two attached hydrogens (primary N) is 1. The monoisotopic (exact) mass is 287 g/mol. The third kappa shape index (κ3) is 4.13. The van der Waals surface area contributed by atoms with Crippen LogP contribution in [0.1, 0.15) is 37.7 Å². The summed E-state index contributed by atoms with van der Waals surface area (Å²) in [5, 5.41) is 0. The second-order valence-electron chi connectivity index (χ2n) is 5.40. The lowest BCUT2D eigenvalue weighted by atomic mass is 9.84. The van der Waals surface area contributed by atoms with Gasteiger partial charge in [-0.15, -0.1) is 0 Å². The van der Waals surface area contributed by atoms with E-state index in [0.717, 1.165) is 25.0 Å². The van der Waals surface area contributed by atoms with Crippen LogP contribution in [0.15, 0.2) is 24.3 Å². The molecule has 1 unspecified atom stereocenters. The lowest BCUT2D eigenvalue weighted by Gasteiger charge is -2.27. The molecule has 1 aliphatic carbocycles. The fourth-order valence-electron chi connectivity index (χ4n) is 2.63. The van der Waals surface area contributed by atoms with Crippen molar-refractivity contribution in [2.45, 2.75) is 44.3 Å². The van der Waals surface area contributed by atoms with Crippen molar-refractivity contribution < 1.29 is 17.9 Å². The summed E-state index contributed by atoms with van der Waals surface area (Å²) in [6.45, 7) is 0.357. The average molecular weight is 287 g/mol. The summed E-state index contributed by atoms with van der Waals surface area (Å²) in [5.41, 5.74) is 5.43. The molecule has 2 nitrogen and oxygen atoms in total. The molecule has 0 spiro atoms. The van der Waals surface area contributed by atoms with Gasteiger partial charge in [-0.1, -0.05) is 19.3 Å². The highest BCUT2D eigenvalue weighted by Crippen LogP contribution is 2.30. The van der Waals surface area contributed by atoms with E-state index in [1.54, 1.807) is 0 Å². The Balaban J connectivity index is 1.84. The molecule has 1 saturated carbocycles. The van der Waals surface area contributed by atoms with Gasteiger partial charge in [0.05, 0.1) is 5.56 Å². The van der Waals surface area contributed by atoms with Crippen molar-refractivity contribution in [2.24, 2.45) is 11.7 Å². The lowest BCUT2D eigenvalue weighted by molar-refractivity contribution is -0.137. The number of halogens is 3. The molecule has 1 fully saturated rings. The molecule has 0 heterocycles. The van der Waals surface area contributed by atoms with Crippen molar-refractivity contribution in [3.05, 3.63) is 29.8 Å². The largest absolute Gasteiger partial charge is 0.492 e. The number of hydrogen-bond donors (Lipinski definition) is 1. The second-order valence-corrected chi connectivity index (χ2v) is 5.40. The molecule has 1 aromatic carbocycles. The van der Waals surface area contributed by atoms with Crippen LogP contribution >= 0.6 is 0 Å². The number of alkyl halides is 3. The molecule has 1 aromatic rings. The molecule has 0 saturated heterocycles. The molecule has 0 aliphatic heterocycles. The summed E-state index contributed by atoms with van der Waals surface area (Å²) >= 11 is 0. The van der Waals surface area contributed by atoms with Crippen molar-refractivity contribution in [3.8, 4) is 5.75 Å². The fourth-order valence-corrected chi connectivity index (χ4v) is 2.63. The van der Waals surface area contributed by atoms with Crippen LogP contribution in [-0.4, -0.2) is 12.6 Å². The Hall–Kier alpha value is -1.23. The predicted octanol–water partition coefficient (Wildman–Crippen LogP) is 3.99. The maximum atomic E-state index is 12.4. The summed E-state index contributed by atoms with van der Waals surface area (Å²) in [4.78, 5) is 0. The first-order valence-corrected chi connectivity index (χ1v) is 7.02. The minimum Gasteiger partial charge on any atom is -0.492 e. The summed E-state index contributed by atoms with van der Waals surface area (Å²) in [6, 6.07) is 4.70. The molecule has 20 heavy (non-hydrogen) atoms. The Bertz CT molecular complexity index is 410. The molecule has 2 N–H and O–H groups in total. The van der Waals surface area contributed by atoms with E-state index in [-0.39, 0.29) is 6.04 Å². The fraction of sp³-hybridized carbons (Fsp3) is 0.600. The number of benzene rings is 1. The zero-order valence-corrected chi connectivity index (χ0v) is 11.3. The van der Waals surface area contributed by atoms with Gasteiger partial charge in [0.25, 0.3) is 0 Å². The SMILES string of the molecule is NC(COc1ccc(C(F)(F)F)cc1)C1CCCCC1. The van der Waals surface area contributed by atoms with Crippen LogP contribution in [0, 0.1) is 5.92 Å². The van der Waals surface area contributed by atoms with Gasteiger partial charge < -0.3 is 10.5 Å². The molecule has 0 amide bonds. The minimum atomic E-state index is -4.31. The molecule has 0 aromatic heterocycles. The van der Waals surface area contributed by atoms with Crippen LogP contribution in [0.25, 0.3) is 0 Å². The van der Waals surface area contributed by atoms with Gasteiger partial charge in [0.1, 0.15) is 12.4 Å². The summed E-state index contributed by atoms with van der Waals surface area (Å²) in [5.74, 6) is 0.905. The quantitative estimate of drug-likeness (QED) is 0.908. The number of hydrogen-bond acceptors (Lipinski definition) is 2. The van der Waals surface area contributed by atoms with Crippen LogP contribution in [-0.2, 0) is 6.18 Å². The molecule has 2 rings (SSSR count). The van der Waals surface area contributed by atoms with Crippen LogP contribution in [0.3, 0.4) is 0 Å². The highest BCUT2D eigenvalue weighted by molar-refractivity contribution is 5.28. The Labute approximate surface area is 117 Å². The summed E-state index contributed by atoms with van der Waals surface area (Å²) in [6.07, 6.45) is 1.62. The molecule has 112 valence electrons. The van der Waals surface area contributed by atoms with Gasteiger partial charge in [-0.25, -0.2) is 0 Å². The first kappa shape index (κ1) is 15.2. The smallest absolute Gasteiger partial charge is 0.416 e. The highest BCUT2D eigenvalue weighted by atomic mass is 19.4. The Morgan fingerprint density at radius 2 is 1.70 bits per heavy atom. The predicted molar refractivity (Wildman–Crippen MR) is 71.5 cm³/mol. The van der Waals surface area contributed by atoms with Crippen molar-refractivity contribution in [1.82, 2.24) is 0 Å². The molecule has 1 aliphatic rings. The first-order chi connectivity index (χ1) is 9.47. The molecular formula is C15H20F3NO. The van der Waals surface area contributed by atoms with Gasteiger partial charge in [0, 0.05) is 6.04 Å². The van der Waals surface area contributed by atoms with E-state index in [1.165, 1.54) is 31.4 Å². The third-order valence-corrected chi connectivity index (χ3v) is 3.88. The van der Waals surface area contributed by atoms with Crippen molar-refractivity contribution in [3.63, 3.8) is 0 Å². The molecular weight excluding hydrogens is 267 g/mol. The molecule has 0 bridgehead atoms. The van der Waals surface area contributed by atoms with E-state index in [2.05, 4.69) is 0 Å². The van der Waals surface area contributed by atoms with E-state index in [4.69, 9.17) is 10.5 Å². The van der Waals surface area contributed by atoms with Crippen LogP contribution in [0.4, 0.5) is 13.2 Å². The van der Waals surface area contributed by atoms with E-state index < -0.39 is 11.7 Å². The van der Waals surface area contributed by atoms with Gasteiger partial charge in [-0.3, -0.25) is 0 Å². The van der Waals surface area contributed by atoms with Crippen LogP contribution in [0.5, 0.6) is 5.75 Å². The zero-order valence-electron chi connectivity index (χ0n) is 11.3. The average Bonchev–Trinajstić information content (AvgIpc) is 2.45. The maximum Gasteiger partial charge on any atom is 0.416 e. The Kier molecular flexibility index (Phi) is 4.91. The van der Waals surface area contributed by atoms with Crippen LogP contribution in [0.2, 0.25) is 0 Å². The van der Waals surface area contributed by atoms with Gasteiger partial charge in [0.15, 0.2) is 0 Å². The van der Waals surface area contributed by atoms with Gasteiger partial charge in [0.2, 0.25) is 0 Å². The normalized spacial score (nSPS) is 18.8. The van der Waals surface area contributed by atoms with Gasteiger partial charge in [-0.2, -0.15) is 13.2 Å². The number of ether oxygens (including phenoxy) is 1. The molecule has 1 atom stereocenters. The summed E-state index contributed by atoms with van der Waals surface area (Å²) in [7, 11) is 0. The van der Waals surface area contributed by atoms with Gasteiger partial charge >= 0.3 is 6.18 Å². The third-order valence-electron chi connectivity index (χ3n) is 3.88. The molecule has 0 radical (unpaired) electrons. The molecule has 5 heteroatoms. The van der Waals surface area contributed by atoms with E-state index in [9.17, 15) is 13.2 Å². The Morgan fingerprint density at radius 1 is 1.10 bits per heavy atom. The minimum absolute atomic E-state index is 0.0439. The lowest BCUT2D eigenvalue weighted by Crippen LogP contribution is -2.37. The zero-order chi connectivity index (χ0) is 14.6. The van der Waals surface area contributed by atoms with E-state index in [1.807, 2.05) is 0 Å². The van der Waals surface area contributed by atoms with Crippen molar-refractivity contribution in [1.29, 1.82) is 0 Å². The maximum absolute atomic E-state index is 12.4. The second kappa shape index (κ2) is 6.48. The van der Waals surface area contributed by atoms with Crippen LogP contribution < -0.4 is 10.5 Å². The van der Waals surface area contributed by atoms with Crippen molar-refractivity contribution >= 4 is 0 Å². The van der Waals surface area contributed by atoms with Gasteiger partial charge in [-0.05, 0) is 43.0 Å². The first-order valence-electron chi connectivity index (χ1n) is 7.02. The van der Waals surface area contributed by atoms with E-state index in [0.29, 0.717) is 18.3 Å². The van der Waals surface area contributed by atoms with Crippen molar-refractivity contribution in [2.75, 3.05) is 6.61 Å².